The molecule has 1 fully saturated rings. The summed E-state index contributed by atoms with van der Waals surface area (Å²) in [6.07, 6.45) is 0. The quantitative estimate of drug-likeness (QED) is 0.842. The summed E-state index contributed by atoms with van der Waals surface area (Å²) in [5, 5.41) is 3.42. The molecule has 0 bridgehead atoms. The van der Waals surface area contributed by atoms with E-state index in [4.69, 9.17) is 10.5 Å². The second-order valence-electron chi connectivity index (χ2n) is 5.50. The second kappa shape index (κ2) is 7.24. The van der Waals surface area contributed by atoms with Crippen molar-refractivity contribution in [3.8, 4) is 0 Å². The Morgan fingerprint density at radius 1 is 1.57 bits per heavy atom. The first kappa shape index (κ1) is 16.3. The van der Waals surface area contributed by atoms with Crippen LogP contribution in [0.3, 0.4) is 0 Å². The van der Waals surface area contributed by atoms with Crippen LogP contribution in [-0.4, -0.2) is 37.7 Å². The van der Waals surface area contributed by atoms with Crippen LogP contribution in [0.5, 0.6) is 0 Å². The van der Waals surface area contributed by atoms with Gasteiger partial charge in [-0.2, -0.15) is 0 Å². The Labute approximate surface area is 134 Å². The third kappa shape index (κ3) is 4.18. The smallest absolute Gasteiger partial charge is 0.242 e. The summed E-state index contributed by atoms with van der Waals surface area (Å²) in [5.41, 5.74) is 7.70. The maximum absolute atomic E-state index is 11.7. The molecule has 0 spiro atoms. The second-order valence-corrected chi connectivity index (χ2v) is 6.41. The van der Waals surface area contributed by atoms with E-state index in [2.05, 4.69) is 46.1 Å². The number of nitrogens with two attached hydrogens (primary N) is 1. The number of morpholine rings is 1. The topological polar surface area (TPSA) is 67.6 Å². The van der Waals surface area contributed by atoms with Crippen LogP contribution in [0.25, 0.3) is 0 Å². The minimum atomic E-state index is -0.405. The van der Waals surface area contributed by atoms with Gasteiger partial charge in [-0.25, -0.2) is 0 Å². The van der Waals surface area contributed by atoms with E-state index in [1.54, 1.807) is 0 Å². The van der Waals surface area contributed by atoms with Crippen molar-refractivity contribution in [3.05, 3.63) is 28.2 Å². The molecule has 1 aromatic rings. The number of benzene rings is 1. The number of primary amides is 1. The summed E-state index contributed by atoms with van der Waals surface area (Å²) >= 11 is 3.51. The normalized spacial score (nSPS) is 19.0. The molecule has 1 heterocycles. The van der Waals surface area contributed by atoms with E-state index < -0.39 is 6.04 Å². The zero-order valence-electron chi connectivity index (χ0n) is 12.4. The minimum absolute atomic E-state index is 0.347. The number of carbonyl (C=O) groups is 1. The van der Waals surface area contributed by atoms with Crippen LogP contribution in [0.1, 0.15) is 19.4 Å². The molecule has 1 aliphatic rings. The van der Waals surface area contributed by atoms with Crippen LogP contribution in [0.4, 0.5) is 5.69 Å². The fourth-order valence-electron chi connectivity index (χ4n) is 2.42. The number of carbonyl (C=O) groups excluding carboxylic acids is 1. The molecule has 1 saturated heterocycles. The van der Waals surface area contributed by atoms with Crippen molar-refractivity contribution in [2.75, 3.05) is 24.7 Å². The van der Waals surface area contributed by atoms with Crippen LogP contribution in [0.2, 0.25) is 0 Å². The van der Waals surface area contributed by atoms with E-state index in [1.165, 1.54) is 0 Å². The van der Waals surface area contributed by atoms with Crippen molar-refractivity contribution in [1.29, 1.82) is 0 Å². The monoisotopic (exact) mass is 355 g/mol. The van der Waals surface area contributed by atoms with E-state index in [9.17, 15) is 4.79 Å². The molecule has 0 saturated carbocycles. The Morgan fingerprint density at radius 3 is 3.00 bits per heavy atom. The lowest BCUT2D eigenvalue weighted by Gasteiger charge is -2.36. The first-order valence-electron chi connectivity index (χ1n) is 7.14. The number of nitrogens with one attached hydrogen (secondary N) is 1. The number of nitrogens with zero attached hydrogens (tertiary/aromatic N) is 1. The molecule has 1 aliphatic heterocycles. The number of ether oxygens (including phenoxy) is 1. The van der Waals surface area contributed by atoms with E-state index in [-0.39, 0.29) is 5.91 Å². The van der Waals surface area contributed by atoms with E-state index in [1.807, 2.05) is 12.1 Å². The first-order chi connectivity index (χ1) is 9.99. The molecule has 0 radical (unpaired) electrons. The highest BCUT2D eigenvalue weighted by Gasteiger charge is 2.29. The molecule has 5 nitrogen and oxygen atoms in total. The maximum Gasteiger partial charge on any atom is 0.242 e. The third-order valence-electron chi connectivity index (χ3n) is 3.51. The lowest BCUT2D eigenvalue weighted by molar-refractivity contribution is -0.121. The average Bonchev–Trinajstić information content (AvgIpc) is 2.45. The Balaban J connectivity index is 2.29. The number of hydrogen-bond donors (Lipinski definition) is 2. The number of hydrogen-bond acceptors (Lipinski definition) is 4. The zero-order chi connectivity index (χ0) is 15.4. The number of rotatable bonds is 5. The predicted molar refractivity (Wildman–Crippen MR) is 87.3 cm³/mol. The van der Waals surface area contributed by atoms with Crippen molar-refractivity contribution < 1.29 is 9.53 Å². The Hall–Kier alpha value is -1.11. The molecule has 3 N–H and O–H groups in total. The van der Waals surface area contributed by atoms with Gasteiger partial charge in [0.2, 0.25) is 5.91 Å². The molecule has 6 heteroatoms. The predicted octanol–water partition coefficient (Wildman–Crippen LogP) is 1.64. The van der Waals surface area contributed by atoms with Crippen LogP contribution in [0.15, 0.2) is 22.7 Å². The number of amides is 1. The molecule has 0 aliphatic carbocycles. The Morgan fingerprint density at radius 2 is 2.33 bits per heavy atom. The summed E-state index contributed by atoms with van der Waals surface area (Å²) in [4.78, 5) is 13.7. The van der Waals surface area contributed by atoms with Gasteiger partial charge in [-0.1, -0.05) is 29.8 Å². The molecule has 116 valence electrons. The SMILES string of the molecule is CC(C)NCc1cc(Br)ccc1N1CCOCC1C(N)=O. The largest absolute Gasteiger partial charge is 0.377 e. The fourth-order valence-corrected chi connectivity index (χ4v) is 2.83. The van der Waals surface area contributed by atoms with E-state index in [0.717, 1.165) is 22.3 Å². The lowest BCUT2D eigenvalue weighted by atomic mass is 10.1. The van der Waals surface area contributed by atoms with E-state index >= 15 is 0 Å². The van der Waals surface area contributed by atoms with Gasteiger partial charge < -0.3 is 20.7 Å². The minimum Gasteiger partial charge on any atom is -0.377 e. The first-order valence-corrected chi connectivity index (χ1v) is 7.94. The fraction of sp³-hybridized carbons (Fsp3) is 0.533. The van der Waals surface area contributed by atoms with Gasteiger partial charge in [0.15, 0.2) is 0 Å². The maximum atomic E-state index is 11.7. The van der Waals surface area contributed by atoms with Gasteiger partial charge in [0.1, 0.15) is 6.04 Å². The van der Waals surface area contributed by atoms with Gasteiger partial charge in [-0.3, -0.25) is 4.79 Å². The highest BCUT2D eigenvalue weighted by Crippen LogP contribution is 2.27. The van der Waals surface area contributed by atoms with Crippen LogP contribution >= 0.6 is 15.9 Å². The molecule has 1 unspecified atom stereocenters. The molecular weight excluding hydrogens is 334 g/mol. The van der Waals surface area contributed by atoms with Crippen LogP contribution in [-0.2, 0) is 16.1 Å². The summed E-state index contributed by atoms with van der Waals surface area (Å²) < 4.78 is 6.41. The van der Waals surface area contributed by atoms with Crippen molar-refractivity contribution in [1.82, 2.24) is 5.32 Å². The van der Waals surface area contributed by atoms with Crippen molar-refractivity contribution >= 4 is 27.5 Å². The average molecular weight is 356 g/mol. The number of halogens is 1. The molecule has 2 rings (SSSR count). The molecular formula is C15H22BrN3O2. The third-order valence-corrected chi connectivity index (χ3v) is 4.00. The molecule has 21 heavy (non-hydrogen) atoms. The molecule has 1 aromatic carbocycles. The number of anilines is 1. The van der Waals surface area contributed by atoms with Crippen LogP contribution in [0, 0.1) is 0 Å². The van der Waals surface area contributed by atoms with Gasteiger partial charge in [0.25, 0.3) is 0 Å². The van der Waals surface area contributed by atoms with Crippen LogP contribution < -0.4 is 16.0 Å². The van der Waals surface area contributed by atoms with Crippen molar-refractivity contribution in [2.45, 2.75) is 32.5 Å². The van der Waals surface area contributed by atoms with Gasteiger partial charge in [-0.15, -0.1) is 0 Å². The summed E-state index contributed by atoms with van der Waals surface area (Å²) in [5.74, 6) is -0.347. The molecule has 1 amide bonds. The lowest BCUT2D eigenvalue weighted by Crippen LogP contribution is -2.53. The van der Waals surface area contributed by atoms with Gasteiger partial charge in [-0.05, 0) is 23.8 Å². The Bertz CT molecular complexity index is 508. The standard InChI is InChI=1S/C15H22BrN3O2/c1-10(2)18-8-11-7-12(16)3-4-13(11)19-5-6-21-9-14(19)15(17)20/h3-4,7,10,14,18H,5-6,8-9H2,1-2H3,(H2,17,20). The van der Waals surface area contributed by atoms with Crippen molar-refractivity contribution in [2.24, 2.45) is 5.73 Å². The molecule has 1 atom stereocenters. The summed E-state index contributed by atoms with van der Waals surface area (Å²) in [6, 6.07) is 6.09. The highest BCUT2D eigenvalue weighted by atomic mass is 79.9. The molecule has 0 aromatic heterocycles. The zero-order valence-corrected chi connectivity index (χ0v) is 14.0. The van der Waals surface area contributed by atoms with Gasteiger partial charge >= 0.3 is 0 Å². The summed E-state index contributed by atoms with van der Waals surface area (Å²) in [6.45, 7) is 6.59. The van der Waals surface area contributed by atoms with Crippen molar-refractivity contribution in [3.63, 3.8) is 0 Å². The van der Waals surface area contributed by atoms with Gasteiger partial charge in [0.05, 0.1) is 13.2 Å². The highest BCUT2D eigenvalue weighted by molar-refractivity contribution is 9.10. The van der Waals surface area contributed by atoms with Gasteiger partial charge in [0, 0.05) is 29.3 Å². The van der Waals surface area contributed by atoms with E-state index in [0.29, 0.717) is 25.8 Å². The Kier molecular flexibility index (Phi) is 5.61. The summed E-state index contributed by atoms with van der Waals surface area (Å²) in [7, 11) is 0.